The van der Waals surface area contributed by atoms with Crippen LogP contribution in [0.15, 0.2) is 30.3 Å². The lowest BCUT2D eigenvalue weighted by Crippen LogP contribution is -2.39. The van der Waals surface area contributed by atoms with Gasteiger partial charge in [0, 0.05) is 19.6 Å². The molecular weight excluding hydrogens is 224 g/mol. The Morgan fingerprint density at radius 2 is 2.06 bits per heavy atom. The van der Waals surface area contributed by atoms with E-state index in [0.717, 1.165) is 6.54 Å². The third kappa shape index (κ3) is 2.50. The van der Waals surface area contributed by atoms with E-state index < -0.39 is 0 Å². The molecule has 0 saturated heterocycles. The Labute approximate surface area is 108 Å². The average Bonchev–Trinajstić information content (AvgIpc) is 3.29. The predicted octanol–water partition coefficient (Wildman–Crippen LogP) is 2.59. The van der Waals surface area contributed by atoms with Crippen molar-refractivity contribution in [3.8, 4) is 0 Å². The fraction of sp³-hybridized carbons (Fsp3) is 0.533. The molecule has 96 valence electrons. The number of nitrogens with zero attached hydrogens (tertiary/aromatic N) is 1. The van der Waals surface area contributed by atoms with Gasteiger partial charge in [-0.25, -0.2) is 4.79 Å². The molecule has 18 heavy (non-hydrogen) atoms. The van der Waals surface area contributed by atoms with Gasteiger partial charge in [-0.3, -0.25) is 0 Å². The highest BCUT2D eigenvalue weighted by molar-refractivity contribution is 5.74. The number of carbonyl (C=O) groups is 1. The van der Waals surface area contributed by atoms with Gasteiger partial charge in [0.05, 0.1) is 0 Å². The Morgan fingerprint density at radius 3 is 2.72 bits per heavy atom. The highest BCUT2D eigenvalue weighted by Gasteiger charge is 2.38. The van der Waals surface area contributed by atoms with Gasteiger partial charge < -0.3 is 10.2 Å². The first-order valence-corrected chi connectivity index (χ1v) is 6.81. The van der Waals surface area contributed by atoms with Crippen molar-refractivity contribution in [1.82, 2.24) is 10.2 Å². The van der Waals surface area contributed by atoms with Gasteiger partial charge in [-0.15, -0.1) is 0 Å². The highest BCUT2D eigenvalue weighted by Crippen LogP contribution is 2.46. The van der Waals surface area contributed by atoms with Crippen LogP contribution >= 0.6 is 0 Å². The molecule has 2 saturated carbocycles. The smallest absolute Gasteiger partial charge is 0.317 e. The zero-order chi connectivity index (χ0) is 12.5. The maximum atomic E-state index is 11.8. The zero-order valence-corrected chi connectivity index (χ0v) is 10.8. The molecule has 0 bridgehead atoms. The van der Waals surface area contributed by atoms with E-state index in [4.69, 9.17) is 0 Å². The normalized spacial score (nSPS) is 25.6. The van der Waals surface area contributed by atoms with Crippen molar-refractivity contribution >= 4 is 6.03 Å². The fourth-order valence-electron chi connectivity index (χ4n) is 2.55. The molecule has 0 spiro atoms. The maximum absolute atomic E-state index is 11.8. The van der Waals surface area contributed by atoms with Crippen LogP contribution in [-0.4, -0.2) is 30.6 Å². The first kappa shape index (κ1) is 11.6. The van der Waals surface area contributed by atoms with E-state index in [2.05, 4.69) is 29.6 Å². The number of hydrogen-bond acceptors (Lipinski definition) is 1. The largest absolute Gasteiger partial charge is 0.338 e. The molecule has 0 heterocycles. The third-order valence-electron chi connectivity index (χ3n) is 4.08. The lowest BCUT2D eigenvalue weighted by molar-refractivity contribution is 0.206. The average molecular weight is 244 g/mol. The predicted molar refractivity (Wildman–Crippen MR) is 71.5 cm³/mol. The summed E-state index contributed by atoms with van der Waals surface area (Å²) in [6.45, 7) is 0.815. The molecular formula is C15H20N2O. The second-order valence-electron chi connectivity index (χ2n) is 5.54. The first-order valence-electron chi connectivity index (χ1n) is 6.81. The molecule has 0 unspecified atom stereocenters. The van der Waals surface area contributed by atoms with E-state index in [-0.39, 0.29) is 6.03 Å². The SMILES string of the molecule is CN(C(=O)NC[C@@H]1C[C@@H]1c1ccccc1)C1CC1. The van der Waals surface area contributed by atoms with Crippen LogP contribution in [0.1, 0.15) is 30.7 Å². The molecule has 2 amide bonds. The van der Waals surface area contributed by atoms with Crippen LogP contribution in [0.5, 0.6) is 0 Å². The van der Waals surface area contributed by atoms with Crippen molar-refractivity contribution < 1.29 is 4.79 Å². The maximum Gasteiger partial charge on any atom is 0.317 e. The molecule has 0 aromatic heterocycles. The van der Waals surface area contributed by atoms with Crippen LogP contribution in [0.4, 0.5) is 4.79 Å². The molecule has 2 aliphatic carbocycles. The monoisotopic (exact) mass is 244 g/mol. The lowest BCUT2D eigenvalue weighted by atomic mass is 10.1. The summed E-state index contributed by atoms with van der Waals surface area (Å²) in [4.78, 5) is 13.7. The van der Waals surface area contributed by atoms with Gasteiger partial charge in [-0.2, -0.15) is 0 Å². The minimum atomic E-state index is 0.0937. The number of nitrogens with one attached hydrogen (secondary N) is 1. The third-order valence-corrected chi connectivity index (χ3v) is 4.08. The van der Waals surface area contributed by atoms with E-state index in [1.165, 1.54) is 24.8 Å². The highest BCUT2D eigenvalue weighted by atomic mass is 16.2. The van der Waals surface area contributed by atoms with Gasteiger partial charge in [0.25, 0.3) is 0 Å². The molecule has 0 aliphatic heterocycles. The van der Waals surface area contributed by atoms with Crippen molar-refractivity contribution in [1.29, 1.82) is 0 Å². The van der Waals surface area contributed by atoms with Gasteiger partial charge in [0.15, 0.2) is 0 Å². The minimum Gasteiger partial charge on any atom is -0.338 e. The molecule has 0 radical (unpaired) electrons. The Morgan fingerprint density at radius 1 is 1.33 bits per heavy atom. The molecule has 2 atom stereocenters. The van der Waals surface area contributed by atoms with E-state index in [1.807, 2.05) is 18.0 Å². The quantitative estimate of drug-likeness (QED) is 0.867. The summed E-state index contributed by atoms with van der Waals surface area (Å²) < 4.78 is 0. The van der Waals surface area contributed by atoms with Gasteiger partial charge in [-0.1, -0.05) is 30.3 Å². The van der Waals surface area contributed by atoms with Crippen LogP contribution < -0.4 is 5.32 Å². The molecule has 2 aliphatic rings. The summed E-state index contributed by atoms with van der Waals surface area (Å²) in [6, 6.07) is 11.2. The standard InChI is InChI=1S/C15H20N2O/c1-17(13-7-8-13)15(18)16-10-12-9-14(12)11-5-3-2-4-6-11/h2-6,12-14H,7-10H2,1H3,(H,16,18)/t12-,14+/m0/s1. The number of urea groups is 1. The Hall–Kier alpha value is -1.51. The first-order chi connectivity index (χ1) is 8.75. The number of carbonyl (C=O) groups excluding carboxylic acids is 1. The number of rotatable bonds is 4. The molecule has 1 aromatic rings. The van der Waals surface area contributed by atoms with Gasteiger partial charge in [-0.05, 0) is 36.7 Å². The van der Waals surface area contributed by atoms with Crippen molar-refractivity contribution in [3.05, 3.63) is 35.9 Å². The molecule has 1 aromatic carbocycles. The van der Waals surface area contributed by atoms with Crippen LogP contribution in [0.2, 0.25) is 0 Å². The fourth-order valence-corrected chi connectivity index (χ4v) is 2.55. The van der Waals surface area contributed by atoms with Crippen molar-refractivity contribution in [2.24, 2.45) is 5.92 Å². The molecule has 1 N–H and O–H groups in total. The summed E-state index contributed by atoms with van der Waals surface area (Å²) in [5, 5.41) is 3.05. The van der Waals surface area contributed by atoms with Crippen molar-refractivity contribution in [3.63, 3.8) is 0 Å². The second-order valence-corrected chi connectivity index (χ2v) is 5.54. The second kappa shape index (κ2) is 4.63. The molecule has 3 nitrogen and oxygen atoms in total. The Kier molecular flexibility index (Phi) is 2.98. The van der Waals surface area contributed by atoms with Crippen molar-refractivity contribution in [2.75, 3.05) is 13.6 Å². The summed E-state index contributed by atoms with van der Waals surface area (Å²) in [5.41, 5.74) is 1.41. The number of benzene rings is 1. The minimum absolute atomic E-state index is 0.0937. The van der Waals surface area contributed by atoms with Gasteiger partial charge in [0.1, 0.15) is 0 Å². The van der Waals surface area contributed by atoms with Crippen LogP contribution in [-0.2, 0) is 0 Å². The van der Waals surface area contributed by atoms with Gasteiger partial charge >= 0.3 is 6.03 Å². The van der Waals surface area contributed by atoms with Crippen LogP contribution in [0.25, 0.3) is 0 Å². The van der Waals surface area contributed by atoms with Crippen LogP contribution in [0.3, 0.4) is 0 Å². The number of amides is 2. The molecule has 3 heteroatoms. The van der Waals surface area contributed by atoms with E-state index in [1.54, 1.807) is 0 Å². The Balaban J connectivity index is 1.44. The number of hydrogen-bond donors (Lipinski definition) is 1. The van der Waals surface area contributed by atoms with Gasteiger partial charge in [0.2, 0.25) is 0 Å². The topological polar surface area (TPSA) is 32.3 Å². The van der Waals surface area contributed by atoms with E-state index >= 15 is 0 Å². The summed E-state index contributed by atoms with van der Waals surface area (Å²) in [7, 11) is 1.90. The lowest BCUT2D eigenvalue weighted by Gasteiger charge is -2.17. The summed E-state index contributed by atoms with van der Waals surface area (Å²) in [5.74, 6) is 1.28. The summed E-state index contributed by atoms with van der Waals surface area (Å²) in [6.07, 6.45) is 3.54. The van der Waals surface area contributed by atoms with Crippen LogP contribution in [0, 0.1) is 5.92 Å². The zero-order valence-electron chi connectivity index (χ0n) is 10.8. The molecule has 2 fully saturated rings. The Bertz CT molecular complexity index is 427. The molecule has 3 rings (SSSR count). The van der Waals surface area contributed by atoms with E-state index in [9.17, 15) is 4.79 Å². The van der Waals surface area contributed by atoms with Crippen molar-refractivity contribution in [2.45, 2.75) is 31.2 Å². The van der Waals surface area contributed by atoms with E-state index in [0.29, 0.717) is 17.9 Å². The summed E-state index contributed by atoms with van der Waals surface area (Å²) >= 11 is 0.